The number of hydrogen-bond donors (Lipinski definition) is 3. The van der Waals surface area contributed by atoms with E-state index in [-0.39, 0.29) is 44.3 Å². The number of carbonyl (C=O) groups is 2. The number of amides is 1. The predicted molar refractivity (Wildman–Crippen MR) is 134 cm³/mol. The summed E-state index contributed by atoms with van der Waals surface area (Å²) in [6, 6.07) is 12.0. The van der Waals surface area contributed by atoms with E-state index in [1.54, 1.807) is 36.4 Å². The van der Waals surface area contributed by atoms with Gasteiger partial charge in [-0.2, -0.15) is 13.5 Å². The zero-order valence-corrected chi connectivity index (χ0v) is 20.2. The van der Waals surface area contributed by atoms with Gasteiger partial charge in [-0.05, 0) is 61.3 Å². The Kier molecular flexibility index (Phi) is 10.0. The third kappa shape index (κ3) is 7.28. The lowest BCUT2D eigenvalue weighted by Crippen LogP contribution is -2.37. The number of ether oxygens (including phenoxy) is 1. The molecule has 0 bridgehead atoms. The minimum atomic E-state index is -1.05. The number of nitrogens with zero attached hydrogens (tertiary/aromatic N) is 1. The highest BCUT2D eigenvalue weighted by Crippen LogP contribution is 2.22. The monoisotopic (exact) mass is 509 g/mol. The Bertz CT molecular complexity index is 1170. The highest BCUT2D eigenvalue weighted by Gasteiger charge is 2.21. The number of fused-ring (bicyclic) bond motifs is 1. The van der Waals surface area contributed by atoms with E-state index in [1.807, 2.05) is 6.07 Å². The summed E-state index contributed by atoms with van der Waals surface area (Å²) in [5.74, 6) is -1.29. The highest BCUT2D eigenvalue weighted by atomic mass is 35.5. The van der Waals surface area contributed by atoms with Crippen LogP contribution in [0.2, 0.25) is 0 Å². The Morgan fingerprint density at radius 2 is 1.94 bits per heavy atom. The van der Waals surface area contributed by atoms with Gasteiger partial charge in [0, 0.05) is 6.54 Å². The minimum absolute atomic E-state index is 0. The molecule has 0 radical (unpaired) electrons. The van der Waals surface area contributed by atoms with Crippen LogP contribution in [-0.4, -0.2) is 53.1 Å². The van der Waals surface area contributed by atoms with E-state index in [9.17, 15) is 14.4 Å². The van der Waals surface area contributed by atoms with Crippen LogP contribution < -0.4 is 15.8 Å². The topological polar surface area (TPSA) is 125 Å². The summed E-state index contributed by atoms with van der Waals surface area (Å²) in [7, 11) is 0. The van der Waals surface area contributed by atoms with E-state index in [4.69, 9.17) is 14.3 Å². The third-order valence-corrected chi connectivity index (χ3v) is 5.45. The number of hydrogen-bond acceptors (Lipinski definition) is 6. The van der Waals surface area contributed by atoms with Crippen molar-refractivity contribution in [3.8, 4) is 5.75 Å². The van der Waals surface area contributed by atoms with E-state index in [0.29, 0.717) is 23.4 Å². The lowest BCUT2D eigenvalue weighted by atomic mass is 10.0. The Morgan fingerprint density at radius 1 is 1.18 bits per heavy atom. The maximum Gasteiger partial charge on any atom is 0.417 e. The maximum absolute atomic E-state index is 12.9. The first kappa shape index (κ1) is 27.3. The average Bonchev–Trinajstić information content (AvgIpc) is 3.40. The number of aliphatic carboxylic acids is 1. The fourth-order valence-electron chi connectivity index (χ4n) is 3.96. The standard InChI is InChI=1S/C23H25N3O6.ClH.H2S/c27-21(11-15-6-7-20-18(10-15)25-23(30)32-20)24-19(13-26-8-1-2-9-26)16-4-3-5-17(12-16)31-14-22(28)29;;/h3-7,10,12,19H,1-2,8-9,11,13-14H2,(H,24,27)(H,25,30)(H,28,29);1H;1H2/t19-;;/m1../s1. The number of carbonyl (C=O) groups excluding carboxylic acids is 1. The lowest BCUT2D eigenvalue weighted by molar-refractivity contribution is -0.139. The number of halogens is 1. The maximum atomic E-state index is 12.9. The first-order chi connectivity index (χ1) is 15.5. The van der Waals surface area contributed by atoms with Crippen molar-refractivity contribution in [2.24, 2.45) is 0 Å². The second-order valence-corrected chi connectivity index (χ2v) is 7.90. The quantitative estimate of drug-likeness (QED) is 0.405. The molecule has 3 N–H and O–H groups in total. The molecule has 11 heteroatoms. The van der Waals surface area contributed by atoms with Crippen LogP contribution in [0.4, 0.5) is 0 Å². The van der Waals surface area contributed by atoms with Crippen molar-refractivity contribution in [1.82, 2.24) is 15.2 Å². The summed E-state index contributed by atoms with van der Waals surface area (Å²) in [4.78, 5) is 39.9. The van der Waals surface area contributed by atoms with Crippen molar-refractivity contribution >= 4 is 48.9 Å². The van der Waals surface area contributed by atoms with Crippen LogP contribution in [0.15, 0.2) is 51.7 Å². The number of benzene rings is 2. The van der Waals surface area contributed by atoms with Crippen LogP contribution in [-0.2, 0) is 16.0 Å². The van der Waals surface area contributed by atoms with Crippen LogP contribution in [0.5, 0.6) is 5.75 Å². The zero-order chi connectivity index (χ0) is 22.5. The van der Waals surface area contributed by atoms with Gasteiger partial charge < -0.3 is 24.5 Å². The van der Waals surface area contributed by atoms with Gasteiger partial charge in [0.25, 0.3) is 0 Å². The van der Waals surface area contributed by atoms with Crippen molar-refractivity contribution in [3.63, 3.8) is 0 Å². The molecule has 0 saturated carbocycles. The van der Waals surface area contributed by atoms with Gasteiger partial charge >= 0.3 is 11.7 Å². The van der Waals surface area contributed by atoms with Crippen molar-refractivity contribution in [1.29, 1.82) is 0 Å². The third-order valence-electron chi connectivity index (χ3n) is 5.45. The number of H-pyrrole nitrogens is 1. The predicted octanol–water partition coefficient (Wildman–Crippen LogP) is 2.61. The van der Waals surface area contributed by atoms with Crippen LogP contribution in [0.3, 0.4) is 0 Å². The molecule has 1 aliphatic heterocycles. The SMILES string of the molecule is Cl.O=C(O)COc1cccc([C@@H](CN2CCCC2)NC(=O)Cc2ccc3oc(=O)[nH]c3c2)c1.S. The number of likely N-dealkylation sites (tertiary alicyclic amines) is 1. The first-order valence-electron chi connectivity index (χ1n) is 10.5. The Labute approximate surface area is 209 Å². The molecule has 2 heterocycles. The van der Waals surface area contributed by atoms with E-state index in [0.717, 1.165) is 37.1 Å². The van der Waals surface area contributed by atoms with Gasteiger partial charge in [0.15, 0.2) is 12.2 Å². The summed E-state index contributed by atoms with van der Waals surface area (Å²) >= 11 is 0. The van der Waals surface area contributed by atoms with Gasteiger partial charge in [0.1, 0.15) is 5.75 Å². The van der Waals surface area contributed by atoms with Crippen LogP contribution >= 0.6 is 25.9 Å². The van der Waals surface area contributed by atoms with E-state index >= 15 is 0 Å². The van der Waals surface area contributed by atoms with Crippen molar-refractivity contribution in [3.05, 3.63) is 64.1 Å². The molecule has 3 aromatic rings. The largest absolute Gasteiger partial charge is 0.482 e. The molecule has 0 aliphatic carbocycles. The van der Waals surface area contributed by atoms with E-state index in [2.05, 4.69) is 15.2 Å². The Balaban J connectivity index is 0.00000204. The minimum Gasteiger partial charge on any atom is -0.482 e. The second kappa shape index (κ2) is 12.5. The first-order valence-corrected chi connectivity index (χ1v) is 10.5. The number of carboxylic acids is 1. The van der Waals surface area contributed by atoms with E-state index in [1.165, 1.54) is 0 Å². The molecule has 184 valence electrons. The normalized spacial score (nSPS) is 14.1. The molecule has 1 saturated heterocycles. The molecule has 2 aromatic carbocycles. The van der Waals surface area contributed by atoms with Gasteiger partial charge in [0.05, 0.1) is 18.0 Å². The van der Waals surface area contributed by atoms with Gasteiger partial charge in [0.2, 0.25) is 5.91 Å². The van der Waals surface area contributed by atoms with Crippen LogP contribution in [0.1, 0.15) is 30.0 Å². The highest BCUT2D eigenvalue weighted by molar-refractivity contribution is 7.59. The van der Waals surface area contributed by atoms with E-state index < -0.39 is 18.3 Å². The molecule has 34 heavy (non-hydrogen) atoms. The van der Waals surface area contributed by atoms with Gasteiger partial charge in [-0.1, -0.05) is 18.2 Å². The molecule has 1 aliphatic rings. The van der Waals surface area contributed by atoms with Crippen LogP contribution in [0.25, 0.3) is 11.1 Å². The molecule has 1 fully saturated rings. The number of aromatic amines is 1. The molecular weight excluding hydrogens is 482 g/mol. The second-order valence-electron chi connectivity index (χ2n) is 7.90. The lowest BCUT2D eigenvalue weighted by Gasteiger charge is -2.25. The molecule has 1 aromatic heterocycles. The molecular formula is C23H28ClN3O6S. The van der Waals surface area contributed by atoms with Gasteiger partial charge in [-0.25, -0.2) is 9.59 Å². The smallest absolute Gasteiger partial charge is 0.417 e. The number of aromatic nitrogens is 1. The fraction of sp³-hybridized carbons (Fsp3) is 0.348. The fourth-order valence-corrected chi connectivity index (χ4v) is 3.96. The summed E-state index contributed by atoms with van der Waals surface area (Å²) in [6.45, 7) is 2.19. The summed E-state index contributed by atoms with van der Waals surface area (Å²) < 4.78 is 10.3. The Hall–Kier alpha value is -2.95. The Morgan fingerprint density at radius 3 is 2.68 bits per heavy atom. The van der Waals surface area contributed by atoms with Gasteiger partial charge in [-0.3, -0.25) is 9.78 Å². The number of carboxylic acid groups (broad SMARTS) is 1. The summed E-state index contributed by atoms with van der Waals surface area (Å²) in [6.07, 6.45) is 2.41. The molecule has 0 spiro atoms. The average molecular weight is 510 g/mol. The molecule has 0 unspecified atom stereocenters. The van der Waals surface area contributed by atoms with Crippen molar-refractivity contribution in [2.45, 2.75) is 25.3 Å². The summed E-state index contributed by atoms with van der Waals surface area (Å²) in [5.41, 5.74) is 2.61. The molecule has 1 atom stereocenters. The van der Waals surface area contributed by atoms with Crippen LogP contribution in [0, 0.1) is 0 Å². The molecule has 4 rings (SSSR count). The van der Waals surface area contributed by atoms with Gasteiger partial charge in [-0.15, -0.1) is 12.4 Å². The number of rotatable bonds is 9. The van der Waals surface area contributed by atoms with Crippen molar-refractivity contribution in [2.75, 3.05) is 26.2 Å². The van der Waals surface area contributed by atoms with Crippen molar-refractivity contribution < 1.29 is 23.8 Å². The summed E-state index contributed by atoms with van der Waals surface area (Å²) in [5, 5.41) is 12.0. The zero-order valence-electron chi connectivity index (χ0n) is 18.4. The molecule has 9 nitrogen and oxygen atoms in total. The number of nitrogens with one attached hydrogen (secondary N) is 2. The number of oxazole rings is 1. The molecule has 1 amide bonds.